The average Bonchev–Trinajstić information content (AvgIpc) is 2.92. The van der Waals surface area contributed by atoms with Crippen LogP contribution in [-0.4, -0.2) is 10.3 Å². The Kier molecular flexibility index (Phi) is 3.98. The highest BCUT2D eigenvalue weighted by Crippen LogP contribution is 2.39. The predicted molar refractivity (Wildman–Crippen MR) is 89.3 cm³/mol. The number of nitrogens with one attached hydrogen (secondary N) is 1. The molecule has 5 nitrogen and oxygen atoms in total. The van der Waals surface area contributed by atoms with Crippen LogP contribution >= 0.6 is 34.4 Å². The van der Waals surface area contributed by atoms with Crippen LogP contribution in [0.15, 0.2) is 39.3 Å². The molecule has 8 heteroatoms. The minimum atomic E-state index is -0.452. The molecule has 0 atom stereocenters. The van der Waals surface area contributed by atoms with Crippen LogP contribution in [0, 0.1) is 14.3 Å². The lowest BCUT2D eigenvalue weighted by molar-refractivity contribution is 0.631. The highest BCUT2D eigenvalue weighted by molar-refractivity contribution is 14.1. The number of halogens is 2. The second-order valence-corrected chi connectivity index (χ2v) is 6.72. The third-order valence-corrected chi connectivity index (χ3v) is 4.83. The molecule has 0 amide bonds. The molecule has 0 aliphatic carbocycles. The quantitative estimate of drug-likeness (QED) is 0.609. The van der Waals surface area contributed by atoms with Gasteiger partial charge < -0.3 is 9.88 Å². The van der Waals surface area contributed by atoms with Gasteiger partial charge in [0.25, 0.3) is 5.56 Å². The van der Waals surface area contributed by atoms with Gasteiger partial charge in [0, 0.05) is 21.9 Å². The topological polar surface area (TPSA) is 63.5 Å². The first-order chi connectivity index (χ1) is 10.1. The third-order valence-electron chi connectivity index (χ3n) is 3.08. The van der Waals surface area contributed by atoms with Gasteiger partial charge in [-0.2, -0.15) is 0 Å². The molecule has 1 aromatic carbocycles. The van der Waals surface area contributed by atoms with Gasteiger partial charge in [0.1, 0.15) is 10.8 Å². The van der Waals surface area contributed by atoms with Gasteiger partial charge in [-0.25, -0.2) is 4.39 Å². The maximum absolute atomic E-state index is 13.9. The van der Waals surface area contributed by atoms with Crippen molar-refractivity contribution >= 4 is 51.4 Å². The summed E-state index contributed by atoms with van der Waals surface area (Å²) in [4.78, 5) is 23.1. The van der Waals surface area contributed by atoms with Crippen LogP contribution in [0.25, 0.3) is 0 Å². The Morgan fingerprint density at radius 2 is 2.14 bits per heavy atom. The summed E-state index contributed by atoms with van der Waals surface area (Å²) >= 11 is 3.40. The molecule has 1 aliphatic rings. The van der Waals surface area contributed by atoms with E-state index in [9.17, 15) is 14.1 Å². The lowest BCUT2D eigenvalue weighted by Gasteiger charge is -2.12. The highest BCUT2D eigenvalue weighted by Gasteiger charge is 2.22. The molecule has 0 spiro atoms. The highest BCUT2D eigenvalue weighted by atomic mass is 127. The van der Waals surface area contributed by atoms with E-state index in [1.54, 1.807) is 12.1 Å². The predicted octanol–water partition coefficient (Wildman–Crippen LogP) is 3.84. The van der Waals surface area contributed by atoms with Crippen molar-refractivity contribution in [2.24, 2.45) is 5.18 Å². The smallest absolute Gasteiger partial charge is 0.253 e. The number of nitroso groups, excluding NO2 is 1. The fourth-order valence-corrected chi connectivity index (χ4v) is 3.67. The summed E-state index contributed by atoms with van der Waals surface area (Å²) < 4.78 is 16.2. The normalized spacial score (nSPS) is 13.0. The van der Waals surface area contributed by atoms with Crippen molar-refractivity contribution in [2.75, 3.05) is 11.1 Å². The van der Waals surface area contributed by atoms with E-state index in [4.69, 9.17) is 0 Å². The van der Waals surface area contributed by atoms with E-state index < -0.39 is 5.82 Å². The van der Waals surface area contributed by atoms with E-state index in [2.05, 4.69) is 10.5 Å². The van der Waals surface area contributed by atoms with Gasteiger partial charge in [-0.15, -0.1) is 16.7 Å². The summed E-state index contributed by atoms with van der Waals surface area (Å²) in [7, 11) is 0. The Hall–Kier alpha value is -1.42. The molecule has 3 rings (SSSR count). The van der Waals surface area contributed by atoms with Crippen molar-refractivity contribution < 1.29 is 4.39 Å². The van der Waals surface area contributed by atoms with Crippen LogP contribution in [0.2, 0.25) is 0 Å². The summed E-state index contributed by atoms with van der Waals surface area (Å²) in [5.74, 6) is 0.269. The fraction of sp³-hybridized carbons (Fsp3) is 0.154. The molecule has 21 heavy (non-hydrogen) atoms. The summed E-state index contributed by atoms with van der Waals surface area (Å²) in [6, 6.07) is 5.94. The molecule has 0 fully saturated rings. The zero-order valence-electron chi connectivity index (χ0n) is 10.6. The van der Waals surface area contributed by atoms with E-state index in [1.807, 2.05) is 22.6 Å². The van der Waals surface area contributed by atoms with E-state index in [0.29, 0.717) is 11.6 Å². The number of aromatic nitrogens is 1. The minimum absolute atomic E-state index is 0.148. The Morgan fingerprint density at radius 1 is 1.33 bits per heavy atom. The zero-order valence-corrected chi connectivity index (χ0v) is 13.6. The van der Waals surface area contributed by atoms with Gasteiger partial charge in [0.2, 0.25) is 0 Å². The first-order valence-corrected chi connectivity index (χ1v) is 8.12. The zero-order chi connectivity index (χ0) is 15.0. The molecular weight excluding hydrogens is 408 g/mol. The number of hydrogen-bond acceptors (Lipinski definition) is 5. The van der Waals surface area contributed by atoms with Gasteiger partial charge in [-0.3, -0.25) is 4.79 Å². The molecule has 2 heterocycles. The summed E-state index contributed by atoms with van der Waals surface area (Å²) in [6.45, 7) is 0.555. The van der Waals surface area contributed by atoms with Gasteiger partial charge in [0.15, 0.2) is 5.69 Å². The Bertz CT molecular complexity index is 794. The van der Waals surface area contributed by atoms with E-state index in [0.717, 1.165) is 9.32 Å². The number of pyridine rings is 1. The fourth-order valence-electron chi connectivity index (χ4n) is 2.12. The number of nitrogens with zero attached hydrogens (tertiary/aromatic N) is 2. The Labute approximate surface area is 137 Å². The van der Waals surface area contributed by atoms with Crippen molar-refractivity contribution in [3.8, 4) is 0 Å². The summed E-state index contributed by atoms with van der Waals surface area (Å²) in [6.07, 6.45) is 0. The molecule has 0 unspecified atom stereocenters. The third kappa shape index (κ3) is 2.69. The van der Waals surface area contributed by atoms with E-state index >= 15 is 0 Å². The standard InChI is InChI=1S/C13H9FIN3O2S/c14-8-5-7(15)1-2-9(8)16-10-6-11(19)18-3-4-21-13(18)12(10)17-20/h1-2,5-6,16H,3-4H2. The molecule has 1 aliphatic heterocycles. The molecule has 2 aromatic rings. The Balaban J connectivity index is 2.09. The second-order valence-electron chi connectivity index (χ2n) is 4.39. The number of benzene rings is 1. The second kappa shape index (κ2) is 5.76. The largest absolute Gasteiger partial charge is 0.351 e. The molecule has 0 saturated heterocycles. The van der Waals surface area contributed by atoms with Crippen LogP contribution in [0.3, 0.4) is 0 Å². The van der Waals surface area contributed by atoms with Gasteiger partial charge >= 0.3 is 0 Å². The van der Waals surface area contributed by atoms with Crippen LogP contribution in [0.4, 0.5) is 21.5 Å². The monoisotopic (exact) mass is 417 g/mol. The van der Waals surface area contributed by atoms with Crippen LogP contribution < -0.4 is 10.9 Å². The maximum Gasteiger partial charge on any atom is 0.253 e. The van der Waals surface area contributed by atoms with E-state index in [-0.39, 0.29) is 22.6 Å². The van der Waals surface area contributed by atoms with Crippen LogP contribution in [0.5, 0.6) is 0 Å². The van der Waals surface area contributed by atoms with E-state index in [1.165, 1.54) is 28.5 Å². The number of anilines is 2. The first kappa shape index (κ1) is 14.5. The molecule has 108 valence electrons. The molecular formula is C13H9FIN3O2S. The summed E-state index contributed by atoms with van der Waals surface area (Å²) in [5, 5.41) is 6.33. The summed E-state index contributed by atoms with van der Waals surface area (Å²) in [5.41, 5.74) is 0.356. The minimum Gasteiger partial charge on any atom is -0.351 e. The van der Waals surface area contributed by atoms with Crippen molar-refractivity contribution in [3.05, 3.63) is 48.9 Å². The number of thioether (sulfide) groups is 1. The number of hydrogen-bond donors (Lipinski definition) is 1. The average molecular weight is 417 g/mol. The van der Waals surface area contributed by atoms with Crippen molar-refractivity contribution in [3.63, 3.8) is 0 Å². The van der Waals surface area contributed by atoms with Gasteiger partial charge in [0.05, 0.1) is 11.4 Å². The number of fused-ring (bicyclic) bond motifs is 1. The van der Waals surface area contributed by atoms with Crippen molar-refractivity contribution in [2.45, 2.75) is 11.6 Å². The SMILES string of the molecule is O=Nc1c(Nc2ccc(I)cc2F)cc(=O)n2c1SCC2. The maximum atomic E-state index is 13.9. The lowest BCUT2D eigenvalue weighted by atomic mass is 10.2. The van der Waals surface area contributed by atoms with Gasteiger partial charge in [-0.05, 0) is 46.0 Å². The van der Waals surface area contributed by atoms with Crippen LogP contribution in [0.1, 0.15) is 0 Å². The lowest BCUT2D eigenvalue weighted by Crippen LogP contribution is -2.18. The van der Waals surface area contributed by atoms with Crippen LogP contribution in [-0.2, 0) is 6.54 Å². The molecule has 1 aromatic heterocycles. The molecule has 0 saturated carbocycles. The molecule has 1 N–H and O–H groups in total. The number of rotatable bonds is 3. The molecule has 0 bridgehead atoms. The van der Waals surface area contributed by atoms with Gasteiger partial charge in [-0.1, -0.05) is 0 Å². The van der Waals surface area contributed by atoms with Crippen molar-refractivity contribution in [1.82, 2.24) is 4.57 Å². The molecule has 0 radical (unpaired) electrons. The van der Waals surface area contributed by atoms with Crippen molar-refractivity contribution in [1.29, 1.82) is 0 Å². The Morgan fingerprint density at radius 3 is 2.86 bits per heavy atom. The first-order valence-electron chi connectivity index (χ1n) is 6.06.